The zero-order chi connectivity index (χ0) is 18.1. The average Bonchev–Trinajstić information content (AvgIpc) is 3.16. The van der Waals surface area contributed by atoms with E-state index in [1.807, 2.05) is 41.1 Å². The van der Waals surface area contributed by atoms with E-state index in [0.717, 1.165) is 16.5 Å². The van der Waals surface area contributed by atoms with Gasteiger partial charge in [0.2, 0.25) is 0 Å². The van der Waals surface area contributed by atoms with Gasteiger partial charge in [0.15, 0.2) is 4.32 Å². The minimum absolute atomic E-state index is 0.119. The first-order chi connectivity index (χ1) is 12.6. The van der Waals surface area contributed by atoms with Gasteiger partial charge in [-0.25, -0.2) is 4.39 Å². The topological polar surface area (TPSA) is 37.6 Å². The van der Waals surface area contributed by atoms with Gasteiger partial charge >= 0.3 is 0 Å². The Bertz CT molecular complexity index is 1030. The van der Waals surface area contributed by atoms with Gasteiger partial charge in [0.25, 0.3) is 5.91 Å². The summed E-state index contributed by atoms with van der Waals surface area (Å²) in [6, 6.07) is 14.6. The van der Waals surface area contributed by atoms with Crippen LogP contribution in [0.25, 0.3) is 10.9 Å². The third kappa shape index (κ3) is 3.15. The van der Waals surface area contributed by atoms with Gasteiger partial charge in [0, 0.05) is 28.2 Å². The molecule has 0 radical (unpaired) electrons. The Morgan fingerprint density at radius 3 is 2.73 bits per heavy atom. The lowest BCUT2D eigenvalue weighted by Crippen LogP contribution is -2.22. The molecule has 0 N–H and O–H groups in total. The van der Waals surface area contributed by atoms with Crippen molar-refractivity contribution in [1.82, 2.24) is 9.58 Å². The quantitative estimate of drug-likeness (QED) is 0.504. The normalized spacial score (nSPS) is 14.9. The summed E-state index contributed by atoms with van der Waals surface area (Å²) in [4.78, 5) is 11.8. The van der Waals surface area contributed by atoms with Gasteiger partial charge < -0.3 is 4.57 Å². The number of thioether (sulfide) groups is 1. The number of carbonyl (C=O) groups is 1. The van der Waals surface area contributed by atoms with Crippen LogP contribution in [0.5, 0.6) is 0 Å². The number of carbonyl (C=O) groups excluding carboxylic acids is 1. The molecular weight excluding hydrogens is 369 g/mol. The number of thiocarbonyl (C=S) groups is 1. The first kappa shape index (κ1) is 16.9. The van der Waals surface area contributed by atoms with E-state index in [4.69, 9.17) is 12.2 Å². The highest BCUT2D eigenvalue weighted by molar-refractivity contribution is 8.23. The summed E-state index contributed by atoms with van der Waals surface area (Å²) in [7, 11) is 0. The lowest BCUT2D eigenvalue weighted by atomic mass is 10.2. The number of fused-ring (bicyclic) bond motifs is 1. The standard InChI is InChI=1S/C19H14FN3OS2/c20-16-7-3-1-5-13(16)10-22-11-14(15-6-2-4-8-17(15)22)9-21-23-18(24)12-26-19(23)25/h1-9,11H,10,12H2/b21-9-. The summed E-state index contributed by atoms with van der Waals surface area (Å²) in [5.74, 6) is -0.0255. The number of para-hydroxylation sites is 1. The van der Waals surface area contributed by atoms with Gasteiger partial charge in [-0.15, -0.1) is 0 Å². The molecule has 0 atom stereocenters. The molecule has 1 amide bonds. The molecule has 7 heteroatoms. The van der Waals surface area contributed by atoms with Crippen LogP contribution in [0.1, 0.15) is 11.1 Å². The van der Waals surface area contributed by atoms with Crippen molar-refractivity contribution in [3.05, 3.63) is 71.7 Å². The minimum Gasteiger partial charge on any atom is -0.342 e. The lowest BCUT2D eigenvalue weighted by Gasteiger charge is -2.06. The number of rotatable bonds is 4. The van der Waals surface area contributed by atoms with Crippen LogP contribution in [0.15, 0.2) is 59.8 Å². The third-order valence-corrected chi connectivity index (χ3v) is 5.50. The number of hydrogen-bond acceptors (Lipinski definition) is 4. The smallest absolute Gasteiger partial charge is 0.259 e. The first-order valence-electron chi connectivity index (χ1n) is 7.98. The predicted octanol–water partition coefficient (Wildman–Crippen LogP) is 4.02. The predicted molar refractivity (Wildman–Crippen MR) is 107 cm³/mol. The van der Waals surface area contributed by atoms with Crippen molar-refractivity contribution >= 4 is 51.3 Å². The molecule has 1 saturated heterocycles. The maximum Gasteiger partial charge on any atom is 0.259 e. The number of amides is 1. The first-order valence-corrected chi connectivity index (χ1v) is 9.38. The summed E-state index contributed by atoms with van der Waals surface area (Å²) in [6.45, 7) is 0.415. The largest absolute Gasteiger partial charge is 0.342 e. The van der Waals surface area contributed by atoms with Crippen molar-refractivity contribution in [2.75, 3.05) is 5.75 Å². The van der Waals surface area contributed by atoms with Crippen molar-refractivity contribution in [2.45, 2.75) is 6.54 Å². The van der Waals surface area contributed by atoms with Gasteiger partial charge in [-0.1, -0.05) is 60.4 Å². The van der Waals surface area contributed by atoms with Gasteiger partial charge in [-0.3, -0.25) is 4.79 Å². The van der Waals surface area contributed by atoms with Crippen LogP contribution >= 0.6 is 24.0 Å². The van der Waals surface area contributed by atoms with Crippen molar-refractivity contribution in [3.8, 4) is 0 Å². The molecule has 1 aromatic heterocycles. The second-order valence-corrected chi connectivity index (χ2v) is 7.43. The van der Waals surface area contributed by atoms with E-state index in [1.54, 1.807) is 18.3 Å². The highest BCUT2D eigenvalue weighted by Crippen LogP contribution is 2.23. The number of aromatic nitrogens is 1. The van der Waals surface area contributed by atoms with E-state index in [9.17, 15) is 9.18 Å². The molecule has 26 heavy (non-hydrogen) atoms. The lowest BCUT2D eigenvalue weighted by molar-refractivity contribution is -0.123. The molecule has 1 aliphatic rings. The molecular formula is C19H14FN3OS2. The summed E-state index contributed by atoms with van der Waals surface area (Å²) < 4.78 is 16.5. The summed E-state index contributed by atoms with van der Waals surface area (Å²) in [5, 5.41) is 6.49. The van der Waals surface area contributed by atoms with Crippen molar-refractivity contribution in [2.24, 2.45) is 5.10 Å². The Morgan fingerprint density at radius 1 is 1.19 bits per heavy atom. The zero-order valence-electron chi connectivity index (χ0n) is 13.6. The highest BCUT2D eigenvalue weighted by Gasteiger charge is 2.26. The maximum atomic E-state index is 14.0. The van der Waals surface area contributed by atoms with Crippen LogP contribution in [0.2, 0.25) is 0 Å². The van der Waals surface area contributed by atoms with Gasteiger partial charge in [-0.05, 0) is 12.1 Å². The number of hydrazone groups is 1. The van der Waals surface area contributed by atoms with E-state index < -0.39 is 0 Å². The monoisotopic (exact) mass is 383 g/mol. The maximum absolute atomic E-state index is 14.0. The van der Waals surface area contributed by atoms with Crippen LogP contribution in [0, 0.1) is 5.82 Å². The van der Waals surface area contributed by atoms with E-state index in [1.165, 1.54) is 22.8 Å². The molecule has 0 spiro atoms. The Hall–Kier alpha value is -2.51. The fraction of sp³-hybridized carbons (Fsp3) is 0.105. The number of benzene rings is 2. The van der Waals surface area contributed by atoms with Gasteiger partial charge in [0.05, 0.1) is 18.5 Å². The molecule has 0 unspecified atom stereocenters. The van der Waals surface area contributed by atoms with Crippen LogP contribution in [-0.4, -0.2) is 31.8 Å². The van der Waals surface area contributed by atoms with Gasteiger partial charge in [-0.2, -0.15) is 10.1 Å². The SMILES string of the molecule is O=C1CSC(=S)N1/N=C\c1cn(Cc2ccccc2F)c2ccccc12. The van der Waals surface area contributed by atoms with E-state index >= 15 is 0 Å². The van der Waals surface area contributed by atoms with Crippen LogP contribution in [0.4, 0.5) is 4.39 Å². The molecule has 3 aromatic rings. The molecule has 1 aliphatic heterocycles. The number of halogens is 1. The Morgan fingerprint density at radius 2 is 1.96 bits per heavy atom. The van der Waals surface area contributed by atoms with Crippen LogP contribution in [-0.2, 0) is 11.3 Å². The highest BCUT2D eigenvalue weighted by atomic mass is 32.2. The molecule has 2 heterocycles. The molecule has 4 nitrogen and oxygen atoms in total. The molecule has 4 rings (SSSR count). The van der Waals surface area contributed by atoms with Crippen molar-refractivity contribution < 1.29 is 9.18 Å². The van der Waals surface area contributed by atoms with Gasteiger partial charge in [0.1, 0.15) is 5.82 Å². The Balaban J connectivity index is 1.71. The van der Waals surface area contributed by atoms with E-state index in [2.05, 4.69) is 5.10 Å². The average molecular weight is 383 g/mol. The van der Waals surface area contributed by atoms with E-state index in [0.29, 0.717) is 22.2 Å². The molecule has 0 aliphatic carbocycles. The molecule has 130 valence electrons. The fourth-order valence-corrected chi connectivity index (χ4v) is 3.86. The molecule has 0 saturated carbocycles. The van der Waals surface area contributed by atoms with Crippen molar-refractivity contribution in [3.63, 3.8) is 0 Å². The summed E-state index contributed by atoms with van der Waals surface area (Å²) >= 11 is 6.45. The van der Waals surface area contributed by atoms with E-state index in [-0.39, 0.29) is 11.7 Å². The third-order valence-electron chi connectivity index (χ3n) is 4.16. The number of nitrogens with zero attached hydrogens (tertiary/aromatic N) is 3. The second kappa shape index (κ2) is 7.01. The summed E-state index contributed by atoms with van der Waals surface area (Å²) in [6.07, 6.45) is 3.55. The van der Waals surface area contributed by atoms with Crippen LogP contribution in [0.3, 0.4) is 0 Å². The summed E-state index contributed by atoms with van der Waals surface area (Å²) in [5.41, 5.74) is 2.44. The zero-order valence-corrected chi connectivity index (χ0v) is 15.3. The van der Waals surface area contributed by atoms with Crippen LogP contribution < -0.4 is 0 Å². The van der Waals surface area contributed by atoms with Crippen molar-refractivity contribution in [1.29, 1.82) is 0 Å². The Kier molecular flexibility index (Phi) is 4.57. The fourth-order valence-electron chi connectivity index (χ4n) is 2.90. The Labute approximate surface area is 159 Å². The second-order valence-electron chi connectivity index (χ2n) is 5.83. The number of hydrogen-bond donors (Lipinski definition) is 0. The molecule has 2 aromatic carbocycles. The minimum atomic E-state index is -0.231. The molecule has 0 bridgehead atoms. The molecule has 1 fully saturated rings.